The number of pyridine rings is 1. The van der Waals surface area contributed by atoms with Crippen LogP contribution in [-0.2, 0) is 12.7 Å². The first-order valence-electron chi connectivity index (χ1n) is 9.47. The lowest BCUT2D eigenvalue weighted by atomic mass is 10.2. The number of nitrogens with zero attached hydrogens (tertiary/aromatic N) is 5. The van der Waals surface area contributed by atoms with Gasteiger partial charge in [-0.2, -0.15) is 23.3 Å². The molecule has 0 bridgehead atoms. The largest absolute Gasteiger partial charge is 0.435 e. The Morgan fingerprint density at radius 3 is 2.35 bits per heavy atom. The van der Waals surface area contributed by atoms with Gasteiger partial charge in [0, 0.05) is 23.3 Å². The minimum Gasteiger partial charge on any atom is -0.288 e. The second-order valence-electron chi connectivity index (χ2n) is 6.42. The molecule has 4 aromatic rings. The summed E-state index contributed by atoms with van der Waals surface area (Å²) < 4.78 is 41.3. The second-order valence-corrected chi connectivity index (χ2v) is 6.76. The number of aryl methyl sites for hydroxylation is 1. The number of hydrogen-bond acceptors (Lipinski definition) is 4. The first-order chi connectivity index (χ1) is 14.7. The van der Waals surface area contributed by atoms with Gasteiger partial charge in [-0.1, -0.05) is 26.0 Å². The summed E-state index contributed by atoms with van der Waals surface area (Å²) in [5.74, 6) is 0. The third-order valence-electron chi connectivity index (χ3n) is 4.39. The maximum Gasteiger partial charge on any atom is 0.435 e. The van der Waals surface area contributed by atoms with E-state index in [0.717, 1.165) is 11.6 Å². The van der Waals surface area contributed by atoms with Crippen LogP contribution < -0.4 is 5.56 Å². The molecular formula is C21H19ClF3N5O. The van der Waals surface area contributed by atoms with Crippen molar-refractivity contribution in [2.24, 2.45) is 0 Å². The van der Waals surface area contributed by atoms with Crippen LogP contribution in [-0.4, -0.2) is 24.3 Å². The van der Waals surface area contributed by atoms with E-state index in [9.17, 15) is 18.0 Å². The van der Waals surface area contributed by atoms with E-state index in [2.05, 4.69) is 15.1 Å². The molecule has 0 atom stereocenters. The van der Waals surface area contributed by atoms with Crippen molar-refractivity contribution in [1.82, 2.24) is 24.3 Å². The SMILES string of the molecule is CC.Cc1cc(C(F)(F)F)nn1-c1ccc(Cn2c(=O)ccc3cnc(Cl)nc32)cc1. The zero-order chi connectivity index (χ0) is 22.8. The highest BCUT2D eigenvalue weighted by Gasteiger charge is 2.34. The van der Waals surface area contributed by atoms with Crippen molar-refractivity contribution >= 4 is 22.6 Å². The topological polar surface area (TPSA) is 65.6 Å². The molecule has 0 radical (unpaired) electrons. The van der Waals surface area contributed by atoms with Crippen LogP contribution in [0.5, 0.6) is 0 Å². The fraction of sp³-hybridized carbons (Fsp3) is 0.238. The van der Waals surface area contributed by atoms with Gasteiger partial charge in [0.25, 0.3) is 5.56 Å². The quantitative estimate of drug-likeness (QED) is 0.411. The lowest BCUT2D eigenvalue weighted by molar-refractivity contribution is -0.141. The Morgan fingerprint density at radius 1 is 1.06 bits per heavy atom. The van der Waals surface area contributed by atoms with E-state index in [0.29, 0.717) is 22.4 Å². The molecule has 31 heavy (non-hydrogen) atoms. The molecule has 10 heteroatoms. The van der Waals surface area contributed by atoms with E-state index in [1.807, 2.05) is 13.8 Å². The molecule has 3 heterocycles. The van der Waals surface area contributed by atoms with Crippen LogP contribution in [0.25, 0.3) is 16.7 Å². The molecule has 162 valence electrons. The van der Waals surface area contributed by atoms with E-state index in [-0.39, 0.29) is 17.4 Å². The van der Waals surface area contributed by atoms with Crippen LogP contribution in [0.1, 0.15) is 30.8 Å². The molecule has 0 aliphatic carbocycles. The summed E-state index contributed by atoms with van der Waals surface area (Å²) in [6.07, 6.45) is -2.98. The number of aromatic nitrogens is 5. The Balaban J connectivity index is 0.00000132. The van der Waals surface area contributed by atoms with Gasteiger partial charge in [0.15, 0.2) is 5.69 Å². The number of rotatable bonds is 3. The highest BCUT2D eigenvalue weighted by Crippen LogP contribution is 2.29. The van der Waals surface area contributed by atoms with Gasteiger partial charge in [0.1, 0.15) is 5.65 Å². The molecule has 0 saturated carbocycles. The molecule has 4 rings (SSSR count). The first-order valence-corrected chi connectivity index (χ1v) is 9.85. The molecule has 0 aliphatic heterocycles. The van der Waals surface area contributed by atoms with Crippen LogP contribution in [0.15, 0.2) is 53.5 Å². The van der Waals surface area contributed by atoms with E-state index < -0.39 is 11.9 Å². The van der Waals surface area contributed by atoms with E-state index >= 15 is 0 Å². The third-order valence-corrected chi connectivity index (χ3v) is 4.58. The predicted octanol–water partition coefficient (Wildman–Crippen LogP) is 5.03. The highest BCUT2D eigenvalue weighted by molar-refractivity contribution is 6.28. The maximum absolute atomic E-state index is 12.9. The second kappa shape index (κ2) is 8.89. The third kappa shape index (κ3) is 4.77. The van der Waals surface area contributed by atoms with Crippen LogP contribution in [0, 0.1) is 6.92 Å². The molecular weight excluding hydrogens is 431 g/mol. The Hall–Kier alpha value is -3.20. The van der Waals surface area contributed by atoms with Crippen molar-refractivity contribution in [2.75, 3.05) is 0 Å². The number of fused-ring (bicyclic) bond motifs is 1. The highest BCUT2D eigenvalue weighted by atomic mass is 35.5. The summed E-state index contributed by atoms with van der Waals surface area (Å²) in [6, 6.07) is 10.8. The summed E-state index contributed by atoms with van der Waals surface area (Å²) in [7, 11) is 0. The van der Waals surface area contributed by atoms with Gasteiger partial charge < -0.3 is 0 Å². The first kappa shape index (κ1) is 22.5. The Morgan fingerprint density at radius 2 is 1.74 bits per heavy atom. The number of halogens is 4. The molecule has 0 saturated heterocycles. The van der Waals surface area contributed by atoms with Crippen molar-refractivity contribution in [3.8, 4) is 5.69 Å². The standard InChI is InChI=1S/C19H13ClF3N5O.C2H6/c1-11-8-15(19(21,22)23)26-28(11)14-5-2-12(3-6-14)10-27-16(29)7-4-13-9-24-18(20)25-17(13)27;1-2/h2-9H,10H2,1H3;1-2H3. The normalized spacial score (nSPS) is 11.3. The minimum atomic E-state index is -4.51. The molecule has 0 fully saturated rings. The van der Waals surface area contributed by atoms with Gasteiger partial charge in [-0.3, -0.25) is 9.36 Å². The van der Waals surface area contributed by atoms with Crippen molar-refractivity contribution in [3.63, 3.8) is 0 Å². The fourth-order valence-corrected chi connectivity index (χ4v) is 3.13. The number of hydrogen-bond donors (Lipinski definition) is 0. The van der Waals surface area contributed by atoms with Gasteiger partial charge >= 0.3 is 6.18 Å². The molecule has 3 aromatic heterocycles. The summed E-state index contributed by atoms with van der Waals surface area (Å²) in [5, 5.41) is 4.33. The van der Waals surface area contributed by atoms with Gasteiger partial charge in [0.05, 0.1) is 12.2 Å². The Kier molecular flexibility index (Phi) is 6.45. The van der Waals surface area contributed by atoms with Crippen molar-refractivity contribution in [2.45, 2.75) is 33.5 Å². The van der Waals surface area contributed by atoms with Crippen LogP contribution >= 0.6 is 11.6 Å². The molecule has 0 unspecified atom stereocenters. The zero-order valence-electron chi connectivity index (χ0n) is 17.0. The van der Waals surface area contributed by atoms with Gasteiger partial charge in [0.2, 0.25) is 5.28 Å². The number of alkyl halides is 3. The van der Waals surface area contributed by atoms with Gasteiger partial charge in [-0.05, 0) is 48.4 Å². The van der Waals surface area contributed by atoms with Crippen LogP contribution in [0.2, 0.25) is 5.28 Å². The molecule has 6 nitrogen and oxygen atoms in total. The summed E-state index contributed by atoms with van der Waals surface area (Å²) in [6.45, 7) is 5.77. The van der Waals surface area contributed by atoms with E-state index in [1.165, 1.54) is 21.5 Å². The van der Waals surface area contributed by atoms with E-state index in [1.54, 1.807) is 37.3 Å². The molecule has 0 N–H and O–H groups in total. The van der Waals surface area contributed by atoms with Crippen LogP contribution in [0.3, 0.4) is 0 Å². The average molecular weight is 450 g/mol. The molecule has 0 spiro atoms. The number of benzene rings is 1. The molecule has 0 amide bonds. The average Bonchev–Trinajstić information content (AvgIpc) is 3.14. The minimum absolute atomic E-state index is 0.0295. The summed E-state index contributed by atoms with van der Waals surface area (Å²) in [5.41, 5.74) is 0.810. The summed E-state index contributed by atoms with van der Waals surface area (Å²) >= 11 is 5.86. The van der Waals surface area contributed by atoms with Gasteiger partial charge in [-0.15, -0.1) is 0 Å². The lowest BCUT2D eigenvalue weighted by Crippen LogP contribution is -2.21. The monoisotopic (exact) mass is 449 g/mol. The Labute approximate surface area is 180 Å². The zero-order valence-corrected chi connectivity index (χ0v) is 17.7. The predicted molar refractivity (Wildman–Crippen MR) is 113 cm³/mol. The van der Waals surface area contributed by atoms with Crippen molar-refractivity contribution < 1.29 is 13.2 Å². The summed E-state index contributed by atoms with van der Waals surface area (Å²) in [4.78, 5) is 20.4. The molecule has 0 aliphatic rings. The van der Waals surface area contributed by atoms with Crippen LogP contribution in [0.4, 0.5) is 13.2 Å². The lowest BCUT2D eigenvalue weighted by Gasteiger charge is -2.10. The smallest absolute Gasteiger partial charge is 0.288 e. The van der Waals surface area contributed by atoms with Crippen molar-refractivity contribution in [3.05, 3.63) is 81.3 Å². The van der Waals surface area contributed by atoms with Gasteiger partial charge in [-0.25, -0.2) is 9.67 Å². The molecule has 1 aromatic carbocycles. The maximum atomic E-state index is 12.9. The fourth-order valence-electron chi connectivity index (χ4n) is 3.00. The van der Waals surface area contributed by atoms with E-state index in [4.69, 9.17) is 11.6 Å². The Bertz CT molecular complexity index is 1260. The van der Waals surface area contributed by atoms with Crippen molar-refractivity contribution in [1.29, 1.82) is 0 Å².